The Morgan fingerprint density at radius 2 is 2.00 bits per heavy atom. The van der Waals surface area contributed by atoms with Gasteiger partial charge in [-0.1, -0.05) is 6.42 Å². The van der Waals surface area contributed by atoms with Crippen LogP contribution in [0.2, 0.25) is 0 Å². The molecule has 0 atom stereocenters. The SMILES string of the molecule is NC(=O)c1oc2c(F)cc(F)cc2c1NC(=O)C1CCC1. The van der Waals surface area contributed by atoms with Crippen molar-refractivity contribution >= 4 is 28.5 Å². The summed E-state index contributed by atoms with van der Waals surface area (Å²) in [5.74, 6) is -3.62. The lowest BCUT2D eigenvalue weighted by Crippen LogP contribution is -2.28. The molecule has 3 rings (SSSR count). The van der Waals surface area contributed by atoms with Crippen molar-refractivity contribution in [3.8, 4) is 0 Å². The van der Waals surface area contributed by atoms with Gasteiger partial charge in [0.05, 0.1) is 5.39 Å². The van der Waals surface area contributed by atoms with Gasteiger partial charge in [-0.25, -0.2) is 8.78 Å². The van der Waals surface area contributed by atoms with Gasteiger partial charge in [0.25, 0.3) is 5.91 Å². The second kappa shape index (κ2) is 4.83. The molecule has 5 nitrogen and oxygen atoms in total. The number of rotatable bonds is 3. The number of carbonyl (C=O) groups excluding carboxylic acids is 2. The number of nitrogens with one attached hydrogen (secondary N) is 1. The summed E-state index contributed by atoms with van der Waals surface area (Å²) >= 11 is 0. The van der Waals surface area contributed by atoms with Crippen LogP contribution in [-0.4, -0.2) is 11.8 Å². The van der Waals surface area contributed by atoms with Crippen LogP contribution in [0.3, 0.4) is 0 Å². The lowest BCUT2D eigenvalue weighted by Gasteiger charge is -2.23. The topological polar surface area (TPSA) is 85.3 Å². The number of anilines is 1. The summed E-state index contributed by atoms with van der Waals surface area (Å²) in [4.78, 5) is 23.4. The van der Waals surface area contributed by atoms with Crippen LogP contribution in [0.4, 0.5) is 14.5 Å². The maximum atomic E-state index is 13.7. The Kier molecular flexibility index (Phi) is 3.12. The summed E-state index contributed by atoms with van der Waals surface area (Å²) in [7, 11) is 0. The number of carbonyl (C=O) groups is 2. The van der Waals surface area contributed by atoms with Crippen molar-refractivity contribution in [1.82, 2.24) is 0 Å². The van der Waals surface area contributed by atoms with Crippen LogP contribution >= 0.6 is 0 Å². The number of hydrogen-bond acceptors (Lipinski definition) is 3. The monoisotopic (exact) mass is 294 g/mol. The van der Waals surface area contributed by atoms with Gasteiger partial charge in [-0.15, -0.1) is 0 Å². The molecule has 1 aliphatic carbocycles. The zero-order chi connectivity index (χ0) is 15.1. The first-order chi connectivity index (χ1) is 9.97. The highest BCUT2D eigenvalue weighted by Gasteiger charge is 2.29. The first-order valence-corrected chi connectivity index (χ1v) is 6.49. The minimum absolute atomic E-state index is 0.0195. The zero-order valence-electron chi connectivity index (χ0n) is 10.9. The lowest BCUT2D eigenvalue weighted by molar-refractivity contribution is -0.122. The summed E-state index contributed by atoms with van der Waals surface area (Å²) in [5, 5.41) is 2.48. The largest absolute Gasteiger partial charge is 0.446 e. The van der Waals surface area contributed by atoms with Crippen molar-refractivity contribution in [1.29, 1.82) is 0 Å². The summed E-state index contributed by atoms with van der Waals surface area (Å²) in [5.41, 5.74) is 4.78. The van der Waals surface area contributed by atoms with Crippen LogP contribution < -0.4 is 11.1 Å². The molecule has 0 aliphatic heterocycles. The van der Waals surface area contributed by atoms with Gasteiger partial charge in [0.2, 0.25) is 11.7 Å². The van der Waals surface area contributed by atoms with Gasteiger partial charge in [-0.3, -0.25) is 9.59 Å². The first-order valence-electron chi connectivity index (χ1n) is 6.49. The van der Waals surface area contributed by atoms with Gasteiger partial charge in [0.1, 0.15) is 11.5 Å². The molecule has 2 amide bonds. The smallest absolute Gasteiger partial charge is 0.286 e. The van der Waals surface area contributed by atoms with Gasteiger partial charge in [-0.2, -0.15) is 0 Å². The average Bonchev–Trinajstić information content (AvgIpc) is 2.66. The predicted octanol–water partition coefficient (Wildman–Crippen LogP) is 2.55. The molecular formula is C14H12F2N2O3. The molecule has 0 bridgehead atoms. The molecule has 0 spiro atoms. The van der Waals surface area contributed by atoms with E-state index in [9.17, 15) is 18.4 Å². The summed E-state index contributed by atoms with van der Waals surface area (Å²) in [6.45, 7) is 0. The van der Waals surface area contributed by atoms with Crippen LogP contribution in [-0.2, 0) is 4.79 Å². The van der Waals surface area contributed by atoms with Crippen LogP contribution in [0.25, 0.3) is 11.0 Å². The maximum absolute atomic E-state index is 13.7. The van der Waals surface area contributed by atoms with Crippen LogP contribution in [0.15, 0.2) is 16.5 Å². The second-order valence-corrected chi connectivity index (χ2v) is 5.05. The van der Waals surface area contributed by atoms with E-state index < -0.39 is 17.5 Å². The Balaban J connectivity index is 2.11. The van der Waals surface area contributed by atoms with Gasteiger partial charge >= 0.3 is 0 Å². The molecule has 1 heterocycles. The van der Waals surface area contributed by atoms with E-state index in [0.717, 1.165) is 25.3 Å². The third kappa shape index (κ3) is 2.24. The van der Waals surface area contributed by atoms with Gasteiger partial charge in [0, 0.05) is 12.0 Å². The Labute approximate surface area is 118 Å². The van der Waals surface area contributed by atoms with E-state index in [1.165, 1.54) is 0 Å². The fourth-order valence-electron chi connectivity index (χ4n) is 2.32. The van der Waals surface area contributed by atoms with Crippen molar-refractivity contribution in [2.75, 3.05) is 5.32 Å². The molecule has 110 valence electrons. The Morgan fingerprint density at radius 1 is 1.29 bits per heavy atom. The number of furan rings is 1. The van der Waals surface area contributed by atoms with Crippen molar-refractivity contribution < 1.29 is 22.8 Å². The van der Waals surface area contributed by atoms with E-state index in [2.05, 4.69) is 5.32 Å². The molecule has 0 saturated heterocycles. The predicted molar refractivity (Wildman–Crippen MR) is 70.6 cm³/mol. The molecule has 21 heavy (non-hydrogen) atoms. The highest BCUT2D eigenvalue weighted by Crippen LogP contribution is 2.35. The van der Waals surface area contributed by atoms with E-state index in [1.54, 1.807) is 0 Å². The number of primary amides is 1. The molecule has 2 aromatic rings. The average molecular weight is 294 g/mol. The maximum Gasteiger partial charge on any atom is 0.286 e. The quantitative estimate of drug-likeness (QED) is 0.912. The zero-order valence-corrected chi connectivity index (χ0v) is 10.9. The fraction of sp³-hybridized carbons (Fsp3) is 0.286. The number of benzene rings is 1. The van der Waals surface area contributed by atoms with Gasteiger partial charge in [0.15, 0.2) is 11.4 Å². The first kappa shape index (κ1) is 13.5. The number of fused-ring (bicyclic) bond motifs is 1. The normalized spacial score (nSPS) is 15.0. The van der Waals surface area contributed by atoms with Gasteiger partial charge in [-0.05, 0) is 18.9 Å². The third-order valence-electron chi connectivity index (χ3n) is 3.66. The third-order valence-corrected chi connectivity index (χ3v) is 3.66. The van der Waals surface area contributed by atoms with E-state index in [0.29, 0.717) is 6.07 Å². The van der Waals surface area contributed by atoms with E-state index in [1.807, 2.05) is 0 Å². The molecule has 0 unspecified atom stereocenters. The Bertz CT molecular complexity index is 750. The van der Waals surface area contributed by atoms with E-state index in [4.69, 9.17) is 10.2 Å². The van der Waals surface area contributed by atoms with Crippen LogP contribution in [0, 0.1) is 17.6 Å². The van der Waals surface area contributed by atoms with Crippen molar-refractivity contribution in [2.24, 2.45) is 11.7 Å². The minimum Gasteiger partial charge on any atom is -0.446 e. The van der Waals surface area contributed by atoms with Crippen LogP contribution in [0.5, 0.6) is 0 Å². The summed E-state index contributed by atoms with van der Waals surface area (Å²) < 4.78 is 32.1. The standard InChI is InChI=1S/C14H12F2N2O3/c15-7-4-8-10(18-14(20)6-2-1-3-6)12(13(17)19)21-11(8)9(16)5-7/h4-6H,1-3H2,(H2,17,19)(H,18,20). The highest BCUT2D eigenvalue weighted by molar-refractivity contribution is 6.10. The van der Waals surface area contributed by atoms with Crippen molar-refractivity contribution in [2.45, 2.75) is 19.3 Å². The van der Waals surface area contributed by atoms with E-state index in [-0.39, 0.29) is 34.2 Å². The number of halogens is 2. The lowest BCUT2D eigenvalue weighted by atomic mass is 9.85. The molecular weight excluding hydrogens is 282 g/mol. The molecule has 1 aromatic carbocycles. The number of amides is 2. The molecule has 7 heteroatoms. The highest BCUT2D eigenvalue weighted by atomic mass is 19.1. The molecule has 1 saturated carbocycles. The molecule has 0 radical (unpaired) electrons. The minimum atomic E-state index is -0.963. The number of nitrogens with two attached hydrogens (primary N) is 1. The van der Waals surface area contributed by atoms with Gasteiger partial charge < -0.3 is 15.5 Å². The van der Waals surface area contributed by atoms with Crippen molar-refractivity contribution in [3.63, 3.8) is 0 Å². The molecule has 1 aromatic heterocycles. The van der Waals surface area contributed by atoms with Crippen LogP contribution in [0.1, 0.15) is 29.8 Å². The fourth-order valence-corrected chi connectivity index (χ4v) is 2.32. The van der Waals surface area contributed by atoms with E-state index >= 15 is 0 Å². The second-order valence-electron chi connectivity index (χ2n) is 5.05. The molecule has 1 aliphatic rings. The Hall–Kier alpha value is -2.44. The van der Waals surface area contributed by atoms with Crippen molar-refractivity contribution in [3.05, 3.63) is 29.5 Å². The summed E-state index contributed by atoms with van der Waals surface area (Å²) in [6.07, 6.45) is 2.45. The molecule has 3 N–H and O–H groups in total. The summed E-state index contributed by atoms with van der Waals surface area (Å²) in [6, 6.07) is 1.62. The number of hydrogen-bond donors (Lipinski definition) is 2. The Morgan fingerprint density at radius 3 is 2.57 bits per heavy atom. The molecule has 1 fully saturated rings.